The monoisotopic (exact) mass is 266 g/mol. The highest BCUT2D eigenvalue weighted by Crippen LogP contribution is 2.28. The zero-order valence-corrected chi connectivity index (χ0v) is 13.1. The van der Waals surface area contributed by atoms with E-state index in [9.17, 15) is 0 Å². The molecule has 1 saturated heterocycles. The average molecular weight is 266 g/mol. The van der Waals surface area contributed by atoms with Gasteiger partial charge in [-0.15, -0.1) is 11.3 Å². The van der Waals surface area contributed by atoms with Crippen LogP contribution >= 0.6 is 11.3 Å². The fraction of sp³-hybridized carbons (Fsp3) is 0.733. The van der Waals surface area contributed by atoms with Crippen LogP contribution in [0.2, 0.25) is 0 Å². The molecular weight excluding hydrogens is 240 g/mol. The van der Waals surface area contributed by atoms with Gasteiger partial charge < -0.3 is 0 Å². The second kappa shape index (κ2) is 5.72. The Morgan fingerprint density at radius 3 is 2.39 bits per heavy atom. The van der Waals surface area contributed by atoms with Crippen LogP contribution in [0.15, 0.2) is 6.07 Å². The molecule has 0 saturated carbocycles. The Bertz CT molecular complexity index is 389. The Kier molecular flexibility index (Phi) is 4.46. The van der Waals surface area contributed by atoms with Crippen LogP contribution in [0.4, 0.5) is 0 Å². The molecule has 2 nitrogen and oxygen atoms in total. The Labute approximate surface area is 115 Å². The molecule has 0 amide bonds. The average Bonchev–Trinajstić information content (AvgIpc) is 2.63. The summed E-state index contributed by atoms with van der Waals surface area (Å²) >= 11 is 1.90. The van der Waals surface area contributed by atoms with Crippen molar-refractivity contribution in [3.05, 3.63) is 21.4 Å². The molecule has 3 heteroatoms. The Morgan fingerprint density at radius 1 is 1.28 bits per heavy atom. The first-order chi connectivity index (χ1) is 8.49. The van der Waals surface area contributed by atoms with Crippen molar-refractivity contribution in [3.63, 3.8) is 0 Å². The SMILES string of the molecule is Cc1cc(C(C)NN2C(C)CCCC2C)c(C)s1. The second-order valence-electron chi connectivity index (χ2n) is 5.76. The van der Waals surface area contributed by atoms with Crippen LogP contribution in [0.1, 0.15) is 61.4 Å². The van der Waals surface area contributed by atoms with Gasteiger partial charge in [-0.2, -0.15) is 0 Å². The summed E-state index contributed by atoms with van der Waals surface area (Å²) in [5.41, 5.74) is 5.19. The minimum absolute atomic E-state index is 0.415. The summed E-state index contributed by atoms with van der Waals surface area (Å²) < 4.78 is 0. The van der Waals surface area contributed by atoms with Gasteiger partial charge in [0, 0.05) is 27.9 Å². The van der Waals surface area contributed by atoms with Gasteiger partial charge in [-0.25, -0.2) is 10.4 Å². The van der Waals surface area contributed by atoms with Crippen molar-refractivity contribution < 1.29 is 0 Å². The molecule has 0 aliphatic carbocycles. The van der Waals surface area contributed by atoms with Crippen molar-refractivity contribution in [2.24, 2.45) is 0 Å². The summed E-state index contributed by atoms with van der Waals surface area (Å²) in [6.45, 7) is 11.4. The summed E-state index contributed by atoms with van der Waals surface area (Å²) in [5, 5.41) is 2.47. The molecule has 0 spiro atoms. The zero-order chi connectivity index (χ0) is 13.3. The van der Waals surface area contributed by atoms with Crippen LogP contribution in [-0.2, 0) is 0 Å². The van der Waals surface area contributed by atoms with Gasteiger partial charge in [0.1, 0.15) is 0 Å². The fourth-order valence-electron chi connectivity index (χ4n) is 3.05. The highest BCUT2D eigenvalue weighted by Gasteiger charge is 2.26. The van der Waals surface area contributed by atoms with Gasteiger partial charge in [0.15, 0.2) is 0 Å². The van der Waals surface area contributed by atoms with Gasteiger partial charge in [-0.1, -0.05) is 6.42 Å². The molecule has 18 heavy (non-hydrogen) atoms. The van der Waals surface area contributed by atoms with E-state index < -0.39 is 0 Å². The molecule has 2 rings (SSSR count). The summed E-state index contributed by atoms with van der Waals surface area (Å²) in [6.07, 6.45) is 3.99. The van der Waals surface area contributed by atoms with Gasteiger partial charge in [0.05, 0.1) is 0 Å². The molecule has 1 aliphatic heterocycles. The van der Waals surface area contributed by atoms with E-state index in [1.165, 1.54) is 34.6 Å². The Hall–Kier alpha value is -0.380. The van der Waals surface area contributed by atoms with E-state index in [0.717, 1.165) is 0 Å². The maximum absolute atomic E-state index is 3.73. The molecule has 0 bridgehead atoms. The topological polar surface area (TPSA) is 15.3 Å². The molecular formula is C15H26N2S. The number of hydrazine groups is 1. The predicted octanol–water partition coefficient (Wildman–Crippen LogP) is 4.19. The minimum Gasteiger partial charge on any atom is -0.247 e. The van der Waals surface area contributed by atoms with Gasteiger partial charge in [0.25, 0.3) is 0 Å². The van der Waals surface area contributed by atoms with E-state index in [0.29, 0.717) is 18.1 Å². The molecule has 1 aliphatic rings. The number of thiophene rings is 1. The summed E-state index contributed by atoms with van der Waals surface area (Å²) in [4.78, 5) is 2.86. The lowest BCUT2D eigenvalue weighted by atomic mass is 9.99. The van der Waals surface area contributed by atoms with E-state index >= 15 is 0 Å². The largest absolute Gasteiger partial charge is 0.247 e. The minimum atomic E-state index is 0.415. The quantitative estimate of drug-likeness (QED) is 0.882. The van der Waals surface area contributed by atoms with Gasteiger partial charge in [0.2, 0.25) is 0 Å². The molecule has 0 radical (unpaired) electrons. The van der Waals surface area contributed by atoms with E-state index in [4.69, 9.17) is 0 Å². The Morgan fingerprint density at radius 2 is 1.89 bits per heavy atom. The van der Waals surface area contributed by atoms with Crippen LogP contribution in [0.5, 0.6) is 0 Å². The maximum Gasteiger partial charge on any atom is 0.0447 e. The first-order valence-corrected chi connectivity index (χ1v) is 7.92. The van der Waals surface area contributed by atoms with Crippen molar-refractivity contribution in [2.45, 2.75) is 72.0 Å². The number of hydrogen-bond acceptors (Lipinski definition) is 3. The third-order valence-electron chi connectivity index (χ3n) is 4.08. The Balaban J connectivity index is 2.06. The molecule has 1 aromatic rings. The van der Waals surface area contributed by atoms with Crippen molar-refractivity contribution in [1.82, 2.24) is 10.4 Å². The molecule has 1 fully saturated rings. The summed E-state index contributed by atoms with van der Waals surface area (Å²) in [6, 6.07) is 4.04. The number of piperidine rings is 1. The first kappa shape index (κ1) is 14.0. The fourth-order valence-corrected chi connectivity index (χ4v) is 4.07. The predicted molar refractivity (Wildman–Crippen MR) is 80.0 cm³/mol. The standard InChI is InChI=1S/C15H26N2S/c1-10-7-6-8-11(2)17(10)16-13(4)15-9-12(3)18-14(15)5/h9-11,13,16H,6-8H2,1-5H3. The van der Waals surface area contributed by atoms with Gasteiger partial charge >= 0.3 is 0 Å². The smallest absolute Gasteiger partial charge is 0.0447 e. The molecule has 102 valence electrons. The summed E-state index contributed by atoms with van der Waals surface area (Å²) in [7, 11) is 0. The van der Waals surface area contributed by atoms with Crippen LogP contribution in [0, 0.1) is 13.8 Å². The lowest BCUT2D eigenvalue weighted by Crippen LogP contribution is -2.52. The second-order valence-corrected chi connectivity index (χ2v) is 7.22. The van der Waals surface area contributed by atoms with E-state index in [1.54, 1.807) is 0 Å². The van der Waals surface area contributed by atoms with Crippen molar-refractivity contribution in [1.29, 1.82) is 0 Å². The van der Waals surface area contributed by atoms with Crippen LogP contribution in [0.3, 0.4) is 0 Å². The number of aryl methyl sites for hydroxylation is 2. The maximum atomic E-state index is 3.73. The van der Waals surface area contributed by atoms with Crippen LogP contribution in [0.25, 0.3) is 0 Å². The number of hydrogen-bond donors (Lipinski definition) is 1. The van der Waals surface area contributed by atoms with Crippen molar-refractivity contribution >= 4 is 11.3 Å². The van der Waals surface area contributed by atoms with E-state index in [-0.39, 0.29) is 0 Å². The van der Waals surface area contributed by atoms with E-state index in [1.807, 2.05) is 11.3 Å². The normalized spacial score (nSPS) is 27.4. The number of rotatable bonds is 3. The molecule has 1 aromatic heterocycles. The molecule has 1 N–H and O–H groups in total. The lowest BCUT2D eigenvalue weighted by Gasteiger charge is -2.41. The van der Waals surface area contributed by atoms with Gasteiger partial charge in [-0.05, 0) is 59.1 Å². The first-order valence-electron chi connectivity index (χ1n) is 7.10. The highest BCUT2D eigenvalue weighted by atomic mass is 32.1. The van der Waals surface area contributed by atoms with Gasteiger partial charge in [-0.3, -0.25) is 0 Å². The number of nitrogens with one attached hydrogen (secondary N) is 1. The summed E-state index contributed by atoms with van der Waals surface area (Å²) in [5.74, 6) is 0. The third-order valence-corrected chi connectivity index (χ3v) is 5.06. The van der Waals surface area contributed by atoms with Crippen molar-refractivity contribution in [3.8, 4) is 0 Å². The molecule has 3 atom stereocenters. The third kappa shape index (κ3) is 2.95. The van der Waals surface area contributed by atoms with Crippen LogP contribution < -0.4 is 5.43 Å². The lowest BCUT2D eigenvalue weighted by molar-refractivity contribution is 0.0320. The zero-order valence-electron chi connectivity index (χ0n) is 12.3. The molecule has 2 heterocycles. The molecule has 3 unspecified atom stereocenters. The number of nitrogens with zero attached hydrogens (tertiary/aromatic N) is 1. The highest BCUT2D eigenvalue weighted by molar-refractivity contribution is 7.12. The van der Waals surface area contributed by atoms with E-state index in [2.05, 4.69) is 51.1 Å². The van der Waals surface area contributed by atoms with Crippen molar-refractivity contribution in [2.75, 3.05) is 0 Å². The van der Waals surface area contributed by atoms with Crippen LogP contribution in [-0.4, -0.2) is 17.1 Å². The molecule has 0 aromatic carbocycles.